The molecule has 0 aromatic carbocycles. The normalized spacial score (nSPS) is 27.4. The standard InChI is InChI=1S/C50H93NO13/c1-3-5-7-8-9-10-11-12-13-14-15-16-17-18-19-20-21-22-23-24-25-26-27-28-29-30-31-32-33-39(54)38(51-42(55)34-6-4-2)37-61-49-47(60)45(58)48(41(36-53)63-49)64-50-46(59)44(57)43(56)40(35-52)62-50/h28-29,32-33,38-41,43-50,52-54,56-60H,3-27,30-31,34-37H2,1-2H3,(H,51,55)/b29-28+,33-32+. The maximum Gasteiger partial charge on any atom is 0.220 e. The van der Waals surface area contributed by atoms with Gasteiger partial charge in [-0.3, -0.25) is 4.79 Å². The minimum Gasteiger partial charge on any atom is -0.394 e. The van der Waals surface area contributed by atoms with Gasteiger partial charge in [0.05, 0.1) is 32.0 Å². The van der Waals surface area contributed by atoms with Crippen LogP contribution in [0.5, 0.6) is 0 Å². The lowest BCUT2D eigenvalue weighted by Crippen LogP contribution is -2.65. The molecule has 0 aliphatic carbocycles. The van der Waals surface area contributed by atoms with Gasteiger partial charge in [-0.25, -0.2) is 0 Å². The molecule has 64 heavy (non-hydrogen) atoms. The van der Waals surface area contributed by atoms with E-state index in [-0.39, 0.29) is 18.9 Å². The van der Waals surface area contributed by atoms with Gasteiger partial charge in [0, 0.05) is 6.42 Å². The van der Waals surface area contributed by atoms with E-state index in [1.54, 1.807) is 6.08 Å². The van der Waals surface area contributed by atoms with E-state index in [0.29, 0.717) is 12.8 Å². The van der Waals surface area contributed by atoms with E-state index < -0.39 is 86.8 Å². The fourth-order valence-corrected chi connectivity index (χ4v) is 8.40. The average molecular weight is 916 g/mol. The second-order valence-electron chi connectivity index (χ2n) is 18.3. The van der Waals surface area contributed by atoms with Crippen LogP contribution in [0.4, 0.5) is 0 Å². The first kappa shape index (κ1) is 58.6. The Hall–Kier alpha value is -1.53. The maximum atomic E-state index is 12.7. The molecule has 0 aromatic rings. The highest BCUT2D eigenvalue weighted by atomic mass is 16.7. The maximum absolute atomic E-state index is 12.7. The molecule has 9 N–H and O–H groups in total. The topological polar surface area (TPSA) is 228 Å². The molecular formula is C50H93NO13. The fourth-order valence-electron chi connectivity index (χ4n) is 8.40. The van der Waals surface area contributed by atoms with Crippen molar-refractivity contribution in [2.75, 3.05) is 19.8 Å². The third-order valence-electron chi connectivity index (χ3n) is 12.6. The van der Waals surface area contributed by atoms with Crippen molar-refractivity contribution in [3.05, 3.63) is 24.3 Å². The van der Waals surface area contributed by atoms with Crippen LogP contribution in [0.25, 0.3) is 0 Å². The summed E-state index contributed by atoms with van der Waals surface area (Å²) in [6.07, 6.45) is 25.4. The van der Waals surface area contributed by atoms with Gasteiger partial charge in [-0.15, -0.1) is 0 Å². The number of carbonyl (C=O) groups is 1. The van der Waals surface area contributed by atoms with E-state index in [4.69, 9.17) is 18.9 Å². The minimum absolute atomic E-state index is 0.249. The molecule has 2 rings (SSSR count). The number of hydrogen-bond donors (Lipinski definition) is 9. The second-order valence-corrected chi connectivity index (χ2v) is 18.3. The number of rotatable bonds is 39. The first-order valence-corrected chi connectivity index (χ1v) is 25.6. The van der Waals surface area contributed by atoms with E-state index in [0.717, 1.165) is 19.3 Å². The monoisotopic (exact) mass is 916 g/mol. The molecular weight excluding hydrogens is 823 g/mol. The lowest BCUT2D eigenvalue weighted by Gasteiger charge is -2.46. The molecule has 0 radical (unpaired) electrons. The van der Waals surface area contributed by atoms with Crippen molar-refractivity contribution in [2.45, 2.75) is 267 Å². The number of hydrogen-bond acceptors (Lipinski definition) is 13. The van der Waals surface area contributed by atoms with Gasteiger partial charge in [0.25, 0.3) is 0 Å². The van der Waals surface area contributed by atoms with Crippen molar-refractivity contribution in [1.82, 2.24) is 5.32 Å². The van der Waals surface area contributed by atoms with E-state index in [9.17, 15) is 45.6 Å². The molecule has 12 atom stereocenters. The van der Waals surface area contributed by atoms with Crippen LogP contribution in [-0.2, 0) is 23.7 Å². The molecule has 2 saturated heterocycles. The molecule has 0 bridgehead atoms. The van der Waals surface area contributed by atoms with Gasteiger partial charge < -0.3 is 65.1 Å². The molecule has 376 valence electrons. The first-order valence-electron chi connectivity index (χ1n) is 25.6. The van der Waals surface area contributed by atoms with E-state index in [2.05, 4.69) is 24.4 Å². The number of aliphatic hydroxyl groups is 8. The lowest BCUT2D eigenvalue weighted by molar-refractivity contribution is -0.359. The number of allylic oxidation sites excluding steroid dienone is 3. The third-order valence-corrected chi connectivity index (χ3v) is 12.6. The summed E-state index contributed by atoms with van der Waals surface area (Å²) in [5, 5.41) is 85.8. The molecule has 0 aromatic heterocycles. The van der Waals surface area contributed by atoms with Crippen LogP contribution in [-0.4, -0.2) is 140 Å². The summed E-state index contributed by atoms with van der Waals surface area (Å²) in [4.78, 5) is 12.7. The van der Waals surface area contributed by atoms with Crippen LogP contribution in [0.3, 0.4) is 0 Å². The molecule has 1 amide bonds. The van der Waals surface area contributed by atoms with Gasteiger partial charge in [-0.2, -0.15) is 0 Å². The van der Waals surface area contributed by atoms with Crippen molar-refractivity contribution in [2.24, 2.45) is 0 Å². The van der Waals surface area contributed by atoms with Crippen LogP contribution in [0.1, 0.15) is 194 Å². The van der Waals surface area contributed by atoms with Crippen molar-refractivity contribution in [3.63, 3.8) is 0 Å². The van der Waals surface area contributed by atoms with Crippen molar-refractivity contribution in [1.29, 1.82) is 0 Å². The highest BCUT2D eigenvalue weighted by Gasteiger charge is 2.51. The number of nitrogens with one attached hydrogen (secondary N) is 1. The molecule has 0 saturated carbocycles. The Bertz CT molecular complexity index is 1170. The molecule has 14 nitrogen and oxygen atoms in total. The first-order chi connectivity index (χ1) is 31.1. The quantitative estimate of drug-likeness (QED) is 0.0236. The Morgan fingerprint density at radius 3 is 1.52 bits per heavy atom. The third kappa shape index (κ3) is 24.5. The van der Waals surface area contributed by atoms with Gasteiger partial charge in [-0.05, 0) is 32.1 Å². The Kier molecular flexibility index (Phi) is 34.3. The van der Waals surface area contributed by atoms with Crippen molar-refractivity contribution < 1.29 is 64.6 Å². The summed E-state index contributed by atoms with van der Waals surface area (Å²) in [7, 11) is 0. The summed E-state index contributed by atoms with van der Waals surface area (Å²) >= 11 is 0. The molecule has 2 aliphatic heterocycles. The Morgan fingerprint density at radius 1 is 0.547 bits per heavy atom. The zero-order valence-electron chi connectivity index (χ0n) is 39.8. The van der Waals surface area contributed by atoms with Gasteiger partial charge in [-0.1, -0.05) is 179 Å². The molecule has 12 unspecified atom stereocenters. The Morgan fingerprint density at radius 2 is 1.00 bits per heavy atom. The largest absolute Gasteiger partial charge is 0.394 e. The highest BCUT2D eigenvalue weighted by Crippen LogP contribution is 2.30. The van der Waals surface area contributed by atoms with Crippen molar-refractivity contribution >= 4 is 5.91 Å². The smallest absolute Gasteiger partial charge is 0.220 e. The van der Waals surface area contributed by atoms with Crippen LogP contribution in [0.15, 0.2) is 24.3 Å². The van der Waals surface area contributed by atoms with E-state index in [1.807, 2.05) is 13.0 Å². The number of aliphatic hydroxyl groups excluding tert-OH is 8. The number of carbonyl (C=O) groups excluding carboxylic acids is 1. The van der Waals surface area contributed by atoms with Crippen LogP contribution in [0, 0.1) is 0 Å². The molecule has 2 heterocycles. The molecule has 2 fully saturated rings. The summed E-state index contributed by atoms with van der Waals surface area (Å²) in [5.74, 6) is -0.285. The second kappa shape index (κ2) is 37.5. The zero-order chi connectivity index (χ0) is 46.8. The summed E-state index contributed by atoms with van der Waals surface area (Å²) in [6.45, 7) is 2.51. The van der Waals surface area contributed by atoms with Crippen LogP contribution >= 0.6 is 0 Å². The average Bonchev–Trinajstić information content (AvgIpc) is 3.29. The Balaban J connectivity index is 1.61. The number of amides is 1. The molecule has 14 heteroatoms. The van der Waals surface area contributed by atoms with Gasteiger partial charge >= 0.3 is 0 Å². The zero-order valence-corrected chi connectivity index (χ0v) is 39.8. The number of unbranched alkanes of at least 4 members (excludes halogenated alkanes) is 24. The van der Waals surface area contributed by atoms with Crippen LogP contribution in [0.2, 0.25) is 0 Å². The predicted molar refractivity (Wildman–Crippen MR) is 249 cm³/mol. The summed E-state index contributed by atoms with van der Waals surface area (Å²) in [5.41, 5.74) is 0. The SMILES string of the molecule is CCCCCCCCCCCCCCCCCCCCCCCC/C=C/CC/C=C/C(O)C(COC1OC(CO)C(OC2OC(CO)C(O)C(O)C2O)C(O)C1O)NC(=O)CCCC. The van der Waals surface area contributed by atoms with Gasteiger partial charge in [0.2, 0.25) is 5.91 Å². The van der Waals surface area contributed by atoms with Crippen LogP contribution < -0.4 is 5.32 Å². The minimum atomic E-state index is -1.79. The van der Waals surface area contributed by atoms with Gasteiger partial charge in [0.1, 0.15) is 48.8 Å². The van der Waals surface area contributed by atoms with Gasteiger partial charge in [0.15, 0.2) is 12.6 Å². The van der Waals surface area contributed by atoms with E-state index in [1.165, 1.54) is 141 Å². The predicted octanol–water partition coefficient (Wildman–Crippen LogP) is 6.55. The number of ether oxygens (including phenoxy) is 4. The fraction of sp³-hybridized carbons (Fsp3) is 0.900. The Labute approximate surface area is 386 Å². The van der Waals surface area contributed by atoms with E-state index >= 15 is 0 Å². The lowest BCUT2D eigenvalue weighted by atomic mass is 9.97. The van der Waals surface area contributed by atoms with Crippen molar-refractivity contribution in [3.8, 4) is 0 Å². The molecule has 2 aliphatic rings. The highest BCUT2D eigenvalue weighted by molar-refractivity contribution is 5.76. The molecule has 0 spiro atoms. The summed E-state index contributed by atoms with van der Waals surface area (Å²) < 4.78 is 22.4. The summed E-state index contributed by atoms with van der Waals surface area (Å²) in [6, 6.07) is -0.923.